The number of rotatable bonds is 7. The van der Waals surface area contributed by atoms with E-state index in [4.69, 9.17) is 4.74 Å². The number of sulfonamides is 1. The summed E-state index contributed by atoms with van der Waals surface area (Å²) < 4.78 is 32.9. The lowest BCUT2D eigenvalue weighted by Crippen LogP contribution is -2.39. The maximum atomic E-state index is 12.9. The molecule has 1 rings (SSSR count). The first kappa shape index (κ1) is 18.6. The number of halogens is 1. The van der Waals surface area contributed by atoms with Gasteiger partial charge >= 0.3 is 0 Å². The van der Waals surface area contributed by atoms with Crippen LogP contribution in [0.2, 0.25) is 0 Å². The van der Waals surface area contributed by atoms with E-state index < -0.39 is 10.0 Å². The molecule has 0 aromatic heterocycles. The van der Waals surface area contributed by atoms with E-state index in [0.29, 0.717) is 22.2 Å². The first-order valence-electron chi connectivity index (χ1n) is 6.66. The van der Waals surface area contributed by atoms with Gasteiger partial charge in [0, 0.05) is 24.2 Å². The fraction of sp³-hybridized carbons (Fsp3) is 0.571. The van der Waals surface area contributed by atoms with Crippen molar-refractivity contribution in [2.45, 2.75) is 38.3 Å². The van der Waals surface area contributed by atoms with Crippen LogP contribution >= 0.6 is 15.9 Å². The fourth-order valence-corrected chi connectivity index (χ4v) is 4.59. The van der Waals surface area contributed by atoms with Crippen LogP contribution in [0.25, 0.3) is 0 Å². The zero-order chi connectivity index (χ0) is 16.2. The minimum Gasteiger partial charge on any atom is -0.392 e. The lowest BCUT2D eigenvalue weighted by atomic mass is 10.2. The molecule has 0 spiro atoms. The average molecular weight is 380 g/mol. The molecular formula is C14H22BrNO4S. The molecule has 0 radical (unpaired) electrons. The van der Waals surface area contributed by atoms with Gasteiger partial charge in [0.05, 0.1) is 18.1 Å². The van der Waals surface area contributed by atoms with Crippen LogP contribution in [0.1, 0.15) is 25.0 Å². The van der Waals surface area contributed by atoms with Crippen LogP contribution in [0.4, 0.5) is 0 Å². The predicted molar refractivity (Wildman–Crippen MR) is 85.7 cm³/mol. The molecule has 0 aliphatic carbocycles. The van der Waals surface area contributed by atoms with Crippen LogP contribution in [0.3, 0.4) is 0 Å². The van der Waals surface area contributed by atoms with Crippen molar-refractivity contribution >= 4 is 26.0 Å². The molecule has 1 aromatic rings. The molecule has 0 heterocycles. The standard InChI is InChI=1S/C14H22BrNO4S/c1-10(2)16(5-6-20-4)21(18,19)14-8-12(9-17)7-13(15)11(14)3/h7-8,10,17H,5-6,9H2,1-4H3. The van der Waals surface area contributed by atoms with Crippen molar-refractivity contribution in [3.63, 3.8) is 0 Å². The molecule has 0 unspecified atom stereocenters. The Labute approximate surface area is 135 Å². The van der Waals surface area contributed by atoms with E-state index in [2.05, 4.69) is 15.9 Å². The molecule has 0 aliphatic rings. The number of hydrogen-bond acceptors (Lipinski definition) is 4. The average Bonchev–Trinajstić information content (AvgIpc) is 2.41. The summed E-state index contributed by atoms with van der Waals surface area (Å²) >= 11 is 3.35. The third kappa shape index (κ3) is 4.26. The summed E-state index contributed by atoms with van der Waals surface area (Å²) in [5.41, 5.74) is 1.19. The number of methoxy groups -OCH3 is 1. The topological polar surface area (TPSA) is 66.8 Å². The highest BCUT2D eigenvalue weighted by molar-refractivity contribution is 9.10. The summed E-state index contributed by atoms with van der Waals surface area (Å²) in [6, 6.07) is 3.07. The summed E-state index contributed by atoms with van der Waals surface area (Å²) in [7, 11) is -2.11. The number of aliphatic hydroxyl groups is 1. The van der Waals surface area contributed by atoms with E-state index in [0.717, 1.165) is 0 Å². The highest BCUT2D eigenvalue weighted by Crippen LogP contribution is 2.29. The van der Waals surface area contributed by atoms with Gasteiger partial charge in [-0.3, -0.25) is 0 Å². The van der Waals surface area contributed by atoms with Crippen LogP contribution in [-0.2, 0) is 21.4 Å². The summed E-state index contributed by atoms with van der Waals surface area (Å²) in [6.07, 6.45) is 0. The maximum Gasteiger partial charge on any atom is 0.243 e. The van der Waals surface area contributed by atoms with Gasteiger partial charge in [-0.05, 0) is 44.0 Å². The van der Waals surface area contributed by atoms with E-state index in [9.17, 15) is 13.5 Å². The van der Waals surface area contributed by atoms with Crippen LogP contribution in [0, 0.1) is 6.92 Å². The van der Waals surface area contributed by atoms with Crippen molar-refractivity contribution in [1.29, 1.82) is 0 Å². The van der Waals surface area contributed by atoms with Crippen molar-refractivity contribution in [2.24, 2.45) is 0 Å². The first-order chi connectivity index (χ1) is 9.75. The van der Waals surface area contributed by atoms with E-state index in [1.807, 2.05) is 13.8 Å². The lowest BCUT2D eigenvalue weighted by molar-refractivity contribution is 0.171. The van der Waals surface area contributed by atoms with Gasteiger partial charge in [-0.2, -0.15) is 4.31 Å². The first-order valence-corrected chi connectivity index (χ1v) is 8.89. The maximum absolute atomic E-state index is 12.9. The molecule has 120 valence electrons. The Morgan fingerprint density at radius 3 is 2.48 bits per heavy atom. The van der Waals surface area contributed by atoms with Crippen LogP contribution in [-0.4, -0.2) is 44.1 Å². The molecule has 0 amide bonds. The molecule has 0 saturated heterocycles. The molecule has 1 N–H and O–H groups in total. The van der Waals surface area contributed by atoms with Crippen molar-refractivity contribution in [3.05, 3.63) is 27.7 Å². The monoisotopic (exact) mass is 379 g/mol. The Morgan fingerprint density at radius 1 is 1.38 bits per heavy atom. The second-order valence-electron chi connectivity index (χ2n) is 5.06. The highest BCUT2D eigenvalue weighted by Gasteiger charge is 2.29. The minimum atomic E-state index is -3.65. The van der Waals surface area contributed by atoms with Gasteiger partial charge in [-0.25, -0.2) is 8.42 Å². The molecule has 21 heavy (non-hydrogen) atoms. The second-order valence-corrected chi connectivity index (χ2v) is 7.77. The van der Waals surface area contributed by atoms with Crippen molar-refractivity contribution in [3.8, 4) is 0 Å². The highest BCUT2D eigenvalue weighted by atomic mass is 79.9. The third-order valence-electron chi connectivity index (χ3n) is 3.22. The molecular weight excluding hydrogens is 358 g/mol. The van der Waals surface area contributed by atoms with E-state index in [1.165, 1.54) is 10.4 Å². The zero-order valence-corrected chi connectivity index (χ0v) is 15.2. The molecule has 5 nitrogen and oxygen atoms in total. The van der Waals surface area contributed by atoms with Crippen LogP contribution < -0.4 is 0 Å². The van der Waals surface area contributed by atoms with Gasteiger partial charge in [-0.15, -0.1) is 0 Å². The number of nitrogens with zero attached hydrogens (tertiary/aromatic N) is 1. The van der Waals surface area contributed by atoms with Gasteiger partial charge < -0.3 is 9.84 Å². The number of benzene rings is 1. The lowest BCUT2D eigenvalue weighted by Gasteiger charge is -2.26. The van der Waals surface area contributed by atoms with Gasteiger partial charge in [0.25, 0.3) is 0 Å². The van der Waals surface area contributed by atoms with E-state index in [1.54, 1.807) is 20.1 Å². The quantitative estimate of drug-likeness (QED) is 0.788. The predicted octanol–water partition coefficient (Wildman–Crippen LogP) is 2.30. The zero-order valence-electron chi connectivity index (χ0n) is 12.8. The molecule has 0 fully saturated rings. The Kier molecular flexibility index (Phi) is 6.80. The summed E-state index contributed by atoms with van der Waals surface area (Å²) in [4.78, 5) is 0.214. The molecule has 0 atom stereocenters. The van der Waals surface area contributed by atoms with Gasteiger partial charge in [0.2, 0.25) is 10.0 Å². The molecule has 0 aliphatic heterocycles. The summed E-state index contributed by atoms with van der Waals surface area (Å²) in [5, 5.41) is 9.28. The van der Waals surface area contributed by atoms with Crippen LogP contribution in [0.15, 0.2) is 21.5 Å². The molecule has 0 bridgehead atoms. The van der Waals surface area contributed by atoms with Gasteiger partial charge in [0.1, 0.15) is 0 Å². The second kappa shape index (κ2) is 7.69. The third-order valence-corrected chi connectivity index (χ3v) is 6.24. The van der Waals surface area contributed by atoms with Crippen molar-refractivity contribution in [1.82, 2.24) is 4.31 Å². The van der Waals surface area contributed by atoms with E-state index in [-0.39, 0.29) is 24.1 Å². The number of hydrogen-bond donors (Lipinski definition) is 1. The minimum absolute atomic E-state index is 0.180. The fourth-order valence-electron chi connectivity index (χ4n) is 2.03. The Bertz CT molecular complexity index is 587. The Morgan fingerprint density at radius 2 is 2.00 bits per heavy atom. The summed E-state index contributed by atoms with van der Waals surface area (Å²) in [6.45, 7) is 5.81. The normalized spacial score (nSPS) is 12.4. The molecule has 0 saturated carbocycles. The Hall–Kier alpha value is -0.470. The molecule has 1 aromatic carbocycles. The number of ether oxygens (including phenoxy) is 1. The SMILES string of the molecule is COCCN(C(C)C)S(=O)(=O)c1cc(CO)cc(Br)c1C. The van der Waals surface area contributed by atoms with E-state index >= 15 is 0 Å². The largest absolute Gasteiger partial charge is 0.392 e. The van der Waals surface area contributed by atoms with Crippen LogP contribution in [0.5, 0.6) is 0 Å². The van der Waals surface area contributed by atoms with Crippen molar-refractivity contribution < 1.29 is 18.3 Å². The smallest absolute Gasteiger partial charge is 0.243 e. The number of aliphatic hydroxyl groups excluding tert-OH is 1. The Balaban J connectivity index is 3.37. The summed E-state index contributed by atoms with van der Waals surface area (Å²) in [5.74, 6) is 0. The molecule has 7 heteroatoms. The van der Waals surface area contributed by atoms with Gasteiger partial charge in [0.15, 0.2) is 0 Å². The van der Waals surface area contributed by atoms with Crippen molar-refractivity contribution in [2.75, 3.05) is 20.3 Å². The van der Waals surface area contributed by atoms with Gasteiger partial charge in [-0.1, -0.05) is 15.9 Å².